The number of aromatic nitrogens is 2. The molecule has 0 saturated heterocycles. The second kappa shape index (κ2) is 7.04. The number of hydrogen-bond donors (Lipinski definition) is 2. The van der Waals surface area contributed by atoms with Gasteiger partial charge in [-0.1, -0.05) is 6.92 Å². The first-order valence-electron chi connectivity index (χ1n) is 7.43. The zero-order chi connectivity index (χ0) is 15.4. The molecule has 1 unspecified atom stereocenters. The lowest BCUT2D eigenvalue weighted by Crippen LogP contribution is -2.30. The third-order valence-corrected chi connectivity index (χ3v) is 4.02. The van der Waals surface area contributed by atoms with Crippen molar-refractivity contribution in [3.63, 3.8) is 0 Å². The van der Waals surface area contributed by atoms with Crippen LogP contribution < -0.4 is 10.6 Å². The van der Waals surface area contributed by atoms with E-state index in [1.807, 2.05) is 0 Å². The molecule has 0 aliphatic heterocycles. The van der Waals surface area contributed by atoms with Crippen molar-refractivity contribution in [1.82, 2.24) is 14.9 Å². The van der Waals surface area contributed by atoms with E-state index >= 15 is 0 Å². The van der Waals surface area contributed by atoms with Crippen molar-refractivity contribution >= 4 is 33.3 Å². The molecule has 2 N–H and O–H groups in total. The third kappa shape index (κ3) is 4.28. The Kier molecular flexibility index (Phi) is 5.36. The quantitative estimate of drug-likeness (QED) is 0.823. The lowest BCUT2D eigenvalue weighted by atomic mass is 10.3. The normalized spacial score (nSPS) is 12.9. The number of fused-ring (bicyclic) bond motifs is 1. The molecule has 0 amide bonds. The average molecular weight is 307 g/mol. The van der Waals surface area contributed by atoms with E-state index in [-0.39, 0.29) is 0 Å². The minimum absolute atomic E-state index is 0.331. The molecule has 0 saturated carbocycles. The molecule has 5 nitrogen and oxygen atoms in total. The van der Waals surface area contributed by atoms with Gasteiger partial charge in [-0.15, -0.1) is 11.3 Å². The summed E-state index contributed by atoms with van der Waals surface area (Å²) < 4.78 is 0. The van der Waals surface area contributed by atoms with E-state index < -0.39 is 0 Å². The van der Waals surface area contributed by atoms with E-state index in [1.54, 1.807) is 11.3 Å². The van der Waals surface area contributed by atoms with E-state index in [4.69, 9.17) is 0 Å². The van der Waals surface area contributed by atoms with Crippen LogP contribution in [0.3, 0.4) is 0 Å². The van der Waals surface area contributed by atoms with Crippen LogP contribution in [0.15, 0.2) is 6.07 Å². The molecule has 6 heteroatoms. The summed E-state index contributed by atoms with van der Waals surface area (Å²) in [5.74, 6) is 1.64. The highest BCUT2D eigenvalue weighted by molar-refractivity contribution is 7.18. The fraction of sp³-hybridized carbons (Fsp3) is 0.600. The van der Waals surface area contributed by atoms with Crippen LogP contribution in [0.2, 0.25) is 0 Å². The summed E-state index contributed by atoms with van der Waals surface area (Å²) in [5, 5.41) is 7.92. The lowest BCUT2D eigenvalue weighted by molar-refractivity contribution is 0.392. The number of nitrogens with zero attached hydrogens (tertiary/aromatic N) is 3. The highest BCUT2D eigenvalue weighted by atomic mass is 32.1. The Bertz CT molecular complexity index is 593. The molecule has 21 heavy (non-hydrogen) atoms. The maximum absolute atomic E-state index is 4.65. The van der Waals surface area contributed by atoms with Gasteiger partial charge in [0.25, 0.3) is 0 Å². The number of nitrogens with one attached hydrogen (secondary N) is 2. The highest BCUT2D eigenvalue weighted by Crippen LogP contribution is 2.29. The van der Waals surface area contributed by atoms with Crippen molar-refractivity contribution < 1.29 is 0 Å². The van der Waals surface area contributed by atoms with Crippen molar-refractivity contribution in [2.45, 2.75) is 33.2 Å². The van der Waals surface area contributed by atoms with Gasteiger partial charge >= 0.3 is 0 Å². The summed E-state index contributed by atoms with van der Waals surface area (Å²) in [7, 11) is 4.16. The van der Waals surface area contributed by atoms with E-state index in [0.29, 0.717) is 12.0 Å². The van der Waals surface area contributed by atoms with Gasteiger partial charge in [0.15, 0.2) is 0 Å². The van der Waals surface area contributed by atoms with E-state index in [9.17, 15) is 0 Å². The Morgan fingerprint density at radius 3 is 2.76 bits per heavy atom. The average Bonchev–Trinajstić information content (AvgIpc) is 2.76. The molecule has 0 fully saturated rings. The van der Waals surface area contributed by atoms with Gasteiger partial charge in [-0.05, 0) is 40.4 Å². The van der Waals surface area contributed by atoms with Gasteiger partial charge in [-0.2, -0.15) is 4.98 Å². The number of likely N-dealkylation sites (N-methyl/N-ethyl adjacent to an activating group) is 1. The molecule has 0 radical (unpaired) electrons. The summed E-state index contributed by atoms with van der Waals surface area (Å²) >= 11 is 1.71. The van der Waals surface area contributed by atoms with Gasteiger partial charge < -0.3 is 15.5 Å². The molecular formula is C15H25N5S. The minimum atomic E-state index is 0.331. The SMILES string of the molecule is CCCNc1nc(NC(C)CN(C)C)c2cc(C)sc2n1. The van der Waals surface area contributed by atoms with E-state index in [2.05, 4.69) is 66.4 Å². The number of hydrogen-bond acceptors (Lipinski definition) is 6. The fourth-order valence-electron chi connectivity index (χ4n) is 2.29. The molecule has 0 aliphatic carbocycles. The number of thiophene rings is 1. The molecular weight excluding hydrogens is 282 g/mol. The number of anilines is 2. The van der Waals surface area contributed by atoms with Crippen LogP contribution in [0.1, 0.15) is 25.1 Å². The second-order valence-corrected chi connectivity index (χ2v) is 6.94. The van der Waals surface area contributed by atoms with Crippen LogP contribution in [-0.4, -0.2) is 48.1 Å². The van der Waals surface area contributed by atoms with Gasteiger partial charge in [0.2, 0.25) is 5.95 Å². The Balaban J connectivity index is 2.30. The Labute approximate surface area is 130 Å². The molecule has 0 aliphatic rings. The van der Waals surface area contributed by atoms with E-state index in [0.717, 1.165) is 35.5 Å². The molecule has 1 atom stereocenters. The monoisotopic (exact) mass is 307 g/mol. The first-order chi connectivity index (χ1) is 9.99. The molecule has 0 aromatic carbocycles. The fourth-order valence-corrected chi connectivity index (χ4v) is 3.17. The van der Waals surface area contributed by atoms with Crippen molar-refractivity contribution in [2.24, 2.45) is 0 Å². The molecule has 2 aromatic heterocycles. The van der Waals surface area contributed by atoms with Crippen molar-refractivity contribution in [3.8, 4) is 0 Å². The lowest BCUT2D eigenvalue weighted by Gasteiger charge is -2.19. The third-order valence-electron chi connectivity index (χ3n) is 3.07. The topological polar surface area (TPSA) is 53.1 Å². The smallest absolute Gasteiger partial charge is 0.226 e. The van der Waals surface area contributed by atoms with Crippen LogP contribution in [0, 0.1) is 6.92 Å². The van der Waals surface area contributed by atoms with Crippen molar-refractivity contribution in [1.29, 1.82) is 0 Å². The highest BCUT2D eigenvalue weighted by Gasteiger charge is 2.13. The van der Waals surface area contributed by atoms with Crippen LogP contribution >= 0.6 is 11.3 Å². The Morgan fingerprint density at radius 2 is 2.10 bits per heavy atom. The van der Waals surface area contributed by atoms with Crippen molar-refractivity contribution in [2.75, 3.05) is 37.8 Å². The minimum Gasteiger partial charge on any atom is -0.366 e. The summed E-state index contributed by atoms with van der Waals surface area (Å²) in [6, 6.07) is 2.49. The molecule has 0 spiro atoms. The van der Waals surface area contributed by atoms with Gasteiger partial charge in [-0.25, -0.2) is 4.98 Å². The Hall–Kier alpha value is -1.40. The first-order valence-corrected chi connectivity index (χ1v) is 8.24. The second-order valence-electron chi connectivity index (χ2n) is 5.71. The van der Waals surface area contributed by atoms with Crippen LogP contribution in [-0.2, 0) is 0 Å². The number of rotatable bonds is 7. The standard InChI is InChI=1S/C15H25N5S/c1-6-7-16-15-18-13(17-10(2)9-20(4)5)12-8-11(3)21-14(12)19-15/h8,10H,6-7,9H2,1-5H3,(H2,16,17,18,19). The Morgan fingerprint density at radius 1 is 1.33 bits per heavy atom. The van der Waals surface area contributed by atoms with Crippen LogP contribution in [0.5, 0.6) is 0 Å². The molecule has 2 rings (SSSR count). The largest absolute Gasteiger partial charge is 0.366 e. The molecule has 116 valence electrons. The van der Waals surface area contributed by atoms with Crippen molar-refractivity contribution in [3.05, 3.63) is 10.9 Å². The molecule has 2 aromatic rings. The zero-order valence-electron chi connectivity index (χ0n) is 13.5. The predicted molar refractivity (Wildman–Crippen MR) is 92.6 cm³/mol. The summed E-state index contributed by atoms with van der Waals surface area (Å²) in [5.41, 5.74) is 0. The summed E-state index contributed by atoms with van der Waals surface area (Å²) in [6.45, 7) is 8.28. The number of aryl methyl sites for hydroxylation is 1. The van der Waals surface area contributed by atoms with Gasteiger partial charge in [-0.3, -0.25) is 0 Å². The predicted octanol–water partition coefficient (Wildman–Crippen LogP) is 3.18. The van der Waals surface area contributed by atoms with Crippen LogP contribution in [0.25, 0.3) is 10.2 Å². The van der Waals surface area contributed by atoms with Crippen LogP contribution in [0.4, 0.5) is 11.8 Å². The van der Waals surface area contributed by atoms with Gasteiger partial charge in [0, 0.05) is 24.0 Å². The zero-order valence-corrected chi connectivity index (χ0v) is 14.3. The maximum Gasteiger partial charge on any atom is 0.226 e. The molecule has 0 bridgehead atoms. The summed E-state index contributed by atoms with van der Waals surface area (Å²) in [4.78, 5) is 13.7. The van der Waals surface area contributed by atoms with E-state index in [1.165, 1.54) is 4.88 Å². The van der Waals surface area contributed by atoms with Gasteiger partial charge in [0.1, 0.15) is 10.6 Å². The summed E-state index contributed by atoms with van der Waals surface area (Å²) in [6.07, 6.45) is 1.06. The first kappa shape index (κ1) is 16.0. The molecule has 2 heterocycles. The van der Waals surface area contributed by atoms with Gasteiger partial charge in [0.05, 0.1) is 5.39 Å². The maximum atomic E-state index is 4.65.